The molecule has 3 unspecified atom stereocenters. The molecule has 0 spiro atoms. The van der Waals surface area contributed by atoms with Crippen molar-refractivity contribution in [2.24, 2.45) is 0 Å². The second kappa shape index (κ2) is 6.61. The van der Waals surface area contributed by atoms with Crippen molar-refractivity contribution in [2.75, 3.05) is 20.1 Å². The molecule has 1 aliphatic heterocycles. The third-order valence-electron chi connectivity index (χ3n) is 4.13. The Kier molecular flexibility index (Phi) is 5.07. The Bertz CT molecular complexity index is 455. The van der Waals surface area contributed by atoms with Crippen molar-refractivity contribution in [3.63, 3.8) is 0 Å². The molecular formula is C15H22F2N2O. The molecule has 0 bridgehead atoms. The van der Waals surface area contributed by atoms with Gasteiger partial charge in [0.25, 0.3) is 0 Å². The monoisotopic (exact) mass is 284 g/mol. The topological polar surface area (TPSA) is 35.5 Å². The number of piperidine rings is 1. The standard InChI is InChI=1S/C15H22F2N2O/c1-10-7-12(5-6-19(10)2)18-9-15(20)13-8-11(16)3-4-14(13)17/h3-4,8,10,12,15,18,20H,5-7,9H2,1-2H3. The van der Waals surface area contributed by atoms with E-state index in [9.17, 15) is 13.9 Å². The first-order chi connectivity index (χ1) is 9.47. The first-order valence-corrected chi connectivity index (χ1v) is 7.04. The molecule has 1 aromatic rings. The molecule has 0 amide bonds. The van der Waals surface area contributed by atoms with Gasteiger partial charge in [-0.25, -0.2) is 8.78 Å². The summed E-state index contributed by atoms with van der Waals surface area (Å²) in [5, 5.41) is 13.2. The van der Waals surface area contributed by atoms with Gasteiger partial charge in [0.2, 0.25) is 0 Å². The lowest BCUT2D eigenvalue weighted by Crippen LogP contribution is -2.46. The molecule has 20 heavy (non-hydrogen) atoms. The van der Waals surface area contributed by atoms with Crippen molar-refractivity contribution < 1.29 is 13.9 Å². The van der Waals surface area contributed by atoms with Crippen LogP contribution in [0.3, 0.4) is 0 Å². The number of hydrogen-bond acceptors (Lipinski definition) is 3. The van der Waals surface area contributed by atoms with Gasteiger partial charge in [-0.15, -0.1) is 0 Å². The summed E-state index contributed by atoms with van der Waals surface area (Å²) in [6.45, 7) is 3.40. The highest BCUT2D eigenvalue weighted by atomic mass is 19.1. The molecule has 3 atom stereocenters. The predicted molar refractivity (Wildman–Crippen MR) is 74.4 cm³/mol. The van der Waals surface area contributed by atoms with Gasteiger partial charge >= 0.3 is 0 Å². The third-order valence-corrected chi connectivity index (χ3v) is 4.13. The normalized spacial score (nSPS) is 25.6. The van der Waals surface area contributed by atoms with Crippen LogP contribution in [0.15, 0.2) is 18.2 Å². The second-order valence-corrected chi connectivity index (χ2v) is 5.64. The Morgan fingerprint density at radius 2 is 2.20 bits per heavy atom. The summed E-state index contributed by atoms with van der Waals surface area (Å²) < 4.78 is 26.6. The summed E-state index contributed by atoms with van der Waals surface area (Å²) in [4.78, 5) is 2.29. The first-order valence-electron chi connectivity index (χ1n) is 7.04. The quantitative estimate of drug-likeness (QED) is 0.888. The van der Waals surface area contributed by atoms with Crippen LogP contribution < -0.4 is 5.32 Å². The Morgan fingerprint density at radius 3 is 2.90 bits per heavy atom. The number of aliphatic hydroxyl groups is 1. The van der Waals surface area contributed by atoms with E-state index in [0.717, 1.165) is 37.6 Å². The van der Waals surface area contributed by atoms with Crippen LogP contribution in [0.1, 0.15) is 31.4 Å². The average Bonchev–Trinajstić information content (AvgIpc) is 2.42. The molecule has 1 aromatic carbocycles. The lowest BCUT2D eigenvalue weighted by Gasteiger charge is -2.35. The van der Waals surface area contributed by atoms with Crippen molar-refractivity contribution in [1.82, 2.24) is 10.2 Å². The van der Waals surface area contributed by atoms with Gasteiger partial charge in [-0.05, 0) is 51.6 Å². The molecule has 0 aromatic heterocycles. The van der Waals surface area contributed by atoms with Crippen LogP contribution >= 0.6 is 0 Å². The summed E-state index contributed by atoms with van der Waals surface area (Å²) in [5.74, 6) is -1.11. The molecular weight excluding hydrogens is 262 g/mol. The van der Waals surface area contributed by atoms with Crippen LogP contribution in [0.2, 0.25) is 0 Å². The number of aliphatic hydroxyl groups excluding tert-OH is 1. The molecule has 112 valence electrons. The second-order valence-electron chi connectivity index (χ2n) is 5.64. The minimum Gasteiger partial charge on any atom is -0.387 e. The lowest BCUT2D eigenvalue weighted by atomic mass is 9.98. The van der Waals surface area contributed by atoms with Gasteiger partial charge in [-0.2, -0.15) is 0 Å². The molecule has 3 nitrogen and oxygen atoms in total. The van der Waals surface area contributed by atoms with E-state index < -0.39 is 17.7 Å². The van der Waals surface area contributed by atoms with Crippen molar-refractivity contribution >= 4 is 0 Å². The molecule has 2 rings (SSSR count). The number of halogens is 2. The summed E-state index contributed by atoms with van der Waals surface area (Å²) in [7, 11) is 2.10. The molecule has 0 radical (unpaired) electrons. The van der Waals surface area contributed by atoms with E-state index in [1.54, 1.807) is 0 Å². The fourth-order valence-corrected chi connectivity index (χ4v) is 2.63. The van der Waals surface area contributed by atoms with Gasteiger partial charge in [-0.1, -0.05) is 0 Å². The molecule has 1 heterocycles. The number of benzene rings is 1. The van der Waals surface area contributed by atoms with Gasteiger partial charge in [0.1, 0.15) is 11.6 Å². The number of hydrogen-bond donors (Lipinski definition) is 2. The third kappa shape index (κ3) is 3.75. The Morgan fingerprint density at radius 1 is 1.45 bits per heavy atom. The minimum atomic E-state index is -1.03. The summed E-state index contributed by atoms with van der Waals surface area (Å²) in [6, 6.07) is 3.96. The Hall–Kier alpha value is -1.04. The maximum Gasteiger partial charge on any atom is 0.129 e. The molecule has 0 aliphatic carbocycles. The smallest absolute Gasteiger partial charge is 0.129 e. The van der Waals surface area contributed by atoms with Crippen molar-refractivity contribution in [3.8, 4) is 0 Å². The number of rotatable bonds is 4. The van der Waals surface area contributed by atoms with E-state index in [1.165, 1.54) is 0 Å². The van der Waals surface area contributed by atoms with E-state index in [2.05, 4.69) is 24.2 Å². The van der Waals surface area contributed by atoms with Crippen molar-refractivity contribution in [1.29, 1.82) is 0 Å². The molecule has 5 heteroatoms. The van der Waals surface area contributed by atoms with Crippen LogP contribution in [-0.2, 0) is 0 Å². The largest absolute Gasteiger partial charge is 0.387 e. The van der Waals surface area contributed by atoms with Gasteiger partial charge in [0.05, 0.1) is 6.10 Å². The zero-order valence-electron chi connectivity index (χ0n) is 11.9. The zero-order chi connectivity index (χ0) is 14.7. The number of nitrogens with zero attached hydrogens (tertiary/aromatic N) is 1. The molecule has 1 saturated heterocycles. The van der Waals surface area contributed by atoms with E-state index in [-0.39, 0.29) is 12.1 Å². The molecule has 2 N–H and O–H groups in total. The first kappa shape index (κ1) is 15.4. The van der Waals surface area contributed by atoms with E-state index in [1.807, 2.05) is 0 Å². The fraction of sp³-hybridized carbons (Fsp3) is 0.600. The maximum absolute atomic E-state index is 13.5. The van der Waals surface area contributed by atoms with Gasteiger partial charge < -0.3 is 15.3 Å². The van der Waals surface area contributed by atoms with Crippen LogP contribution in [0.5, 0.6) is 0 Å². The summed E-state index contributed by atoms with van der Waals surface area (Å²) >= 11 is 0. The van der Waals surface area contributed by atoms with Gasteiger partial charge in [0.15, 0.2) is 0 Å². The average molecular weight is 284 g/mol. The van der Waals surface area contributed by atoms with E-state index in [0.29, 0.717) is 12.1 Å². The van der Waals surface area contributed by atoms with Crippen LogP contribution in [-0.4, -0.2) is 42.2 Å². The maximum atomic E-state index is 13.5. The van der Waals surface area contributed by atoms with Crippen molar-refractivity contribution in [3.05, 3.63) is 35.4 Å². The Labute approximate surface area is 118 Å². The Balaban J connectivity index is 1.89. The summed E-state index contributed by atoms with van der Waals surface area (Å²) in [6.07, 6.45) is 0.967. The van der Waals surface area contributed by atoms with E-state index in [4.69, 9.17) is 0 Å². The van der Waals surface area contributed by atoms with Gasteiger partial charge in [-0.3, -0.25) is 0 Å². The van der Waals surface area contributed by atoms with E-state index >= 15 is 0 Å². The zero-order valence-corrected chi connectivity index (χ0v) is 11.9. The highest BCUT2D eigenvalue weighted by Gasteiger charge is 2.23. The summed E-state index contributed by atoms with van der Waals surface area (Å²) in [5.41, 5.74) is 0.0125. The molecule has 0 saturated carbocycles. The van der Waals surface area contributed by atoms with Crippen LogP contribution in [0.25, 0.3) is 0 Å². The van der Waals surface area contributed by atoms with Crippen molar-refractivity contribution in [2.45, 2.75) is 38.0 Å². The molecule has 1 aliphatic rings. The minimum absolute atomic E-state index is 0.0125. The number of nitrogens with one attached hydrogen (secondary N) is 1. The van der Waals surface area contributed by atoms with Gasteiger partial charge in [0, 0.05) is 24.2 Å². The van der Waals surface area contributed by atoms with Crippen LogP contribution in [0, 0.1) is 11.6 Å². The molecule has 1 fully saturated rings. The highest BCUT2D eigenvalue weighted by molar-refractivity contribution is 5.21. The predicted octanol–water partition coefficient (Wildman–Crippen LogP) is 2.07. The number of likely N-dealkylation sites (tertiary alicyclic amines) is 1. The lowest BCUT2D eigenvalue weighted by molar-refractivity contribution is 0.136. The van der Waals surface area contributed by atoms with Crippen LogP contribution in [0.4, 0.5) is 8.78 Å². The fourth-order valence-electron chi connectivity index (χ4n) is 2.63. The SMILES string of the molecule is CC1CC(NCC(O)c2cc(F)ccc2F)CCN1C. The highest BCUT2D eigenvalue weighted by Crippen LogP contribution is 2.19.